The van der Waals surface area contributed by atoms with Gasteiger partial charge in [-0.05, 0) is 44.0 Å². The lowest BCUT2D eigenvalue weighted by molar-refractivity contribution is -0.149. The Labute approximate surface area is 206 Å². The second-order valence-corrected chi connectivity index (χ2v) is 9.53. The fourth-order valence-corrected chi connectivity index (χ4v) is 4.56. The number of carbonyl (C=O) groups is 2. The third-order valence-electron chi connectivity index (χ3n) is 5.46. The summed E-state index contributed by atoms with van der Waals surface area (Å²) < 4.78 is 11.0. The SMILES string of the molecule is CCOC(=O)C1CCN(/C=N/c2ccc(-c3cc(CNC(=O)c4ccc(Cl)s4)on3)cc2)CC1. The van der Waals surface area contributed by atoms with Gasteiger partial charge in [0, 0.05) is 24.7 Å². The number of rotatable bonds is 8. The first kappa shape index (κ1) is 24.0. The molecule has 1 aliphatic rings. The zero-order valence-electron chi connectivity index (χ0n) is 18.7. The summed E-state index contributed by atoms with van der Waals surface area (Å²) in [5.74, 6) is 0.237. The summed E-state index contributed by atoms with van der Waals surface area (Å²) in [6, 6.07) is 12.8. The quantitative estimate of drug-likeness (QED) is 0.268. The molecule has 3 aromatic rings. The number of piperidine rings is 1. The van der Waals surface area contributed by atoms with E-state index in [0.717, 1.165) is 37.2 Å². The lowest BCUT2D eigenvalue weighted by Crippen LogP contribution is -2.36. The molecule has 0 bridgehead atoms. The van der Waals surface area contributed by atoms with Crippen LogP contribution in [-0.4, -0.2) is 48.0 Å². The van der Waals surface area contributed by atoms with Gasteiger partial charge in [-0.1, -0.05) is 28.9 Å². The molecular formula is C24H25ClN4O4S. The maximum atomic E-state index is 12.1. The van der Waals surface area contributed by atoms with Gasteiger partial charge in [-0.3, -0.25) is 9.59 Å². The van der Waals surface area contributed by atoms with Crippen molar-refractivity contribution in [3.8, 4) is 11.3 Å². The zero-order chi connectivity index (χ0) is 23.9. The number of carbonyl (C=O) groups excluding carboxylic acids is 2. The van der Waals surface area contributed by atoms with Crippen molar-refractivity contribution in [2.45, 2.75) is 26.3 Å². The highest BCUT2D eigenvalue weighted by Crippen LogP contribution is 2.24. The van der Waals surface area contributed by atoms with E-state index in [2.05, 4.69) is 20.4 Å². The Morgan fingerprint density at radius 1 is 1.26 bits per heavy atom. The van der Waals surface area contributed by atoms with E-state index in [1.165, 1.54) is 11.3 Å². The lowest BCUT2D eigenvalue weighted by atomic mass is 9.97. The predicted octanol–water partition coefficient (Wildman–Crippen LogP) is 4.92. The summed E-state index contributed by atoms with van der Waals surface area (Å²) in [6.07, 6.45) is 3.38. The highest BCUT2D eigenvalue weighted by Gasteiger charge is 2.24. The minimum atomic E-state index is -0.206. The number of amides is 1. The maximum absolute atomic E-state index is 12.1. The Hall–Kier alpha value is -3.17. The molecule has 1 fully saturated rings. The van der Waals surface area contributed by atoms with E-state index in [-0.39, 0.29) is 24.3 Å². The van der Waals surface area contributed by atoms with Crippen LogP contribution in [0.1, 0.15) is 35.2 Å². The molecular weight excluding hydrogens is 476 g/mol. The standard InChI is InChI=1S/C24H25ClN4O4S/c1-2-32-24(31)17-9-11-29(12-10-17)15-27-18-5-3-16(4-6-18)20-13-19(33-28-20)14-26-23(30)21-7-8-22(25)34-21/h3-8,13,15,17H,2,9-12,14H2,1H3,(H,26,30)/b27-15+. The molecule has 1 aromatic carbocycles. The number of hydrogen-bond donors (Lipinski definition) is 1. The normalized spacial score (nSPS) is 14.5. The molecule has 0 spiro atoms. The van der Waals surface area contributed by atoms with Crippen LogP contribution in [0.5, 0.6) is 0 Å². The Balaban J connectivity index is 1.27. The van der Waals surface area contributed by atoms with Crippen LogP contribution in [-0.2, 0) is 16.1 Å². The van der Waals surface area contributed by atoms with E-state index >= 15 is 0 Å². The summed E-state index contributed by atoms with van der Waals surface area (Å²) in [7, 11) is 0. The van der Waals surface area contributed by atoms with Gasteiger partial charge in [0.2, 0.25) is 0 Å². The molecule has 4 rings (SSSR count). The first-order chi connectivity index (χ1) is 16.5. The van der Waals surface area contributed by atoms with E-state index < -0.39 is 0 Å². The molecule has 1 saturated heterocycles. The summed E-state index contributed by atoms with van der Waals surface area (Å²) in [5, 5.41) is 6.89. The van der Waals surface area contributed by atoms with Crippen LogP contribution < -0.4 is 5.32 Å². The third-order valence-corrected chi connectivity index (χ3v) is 6.69. The van der Waals surface area contributed by atoms with Crippen LogP contribution in [0.2, 0.25) is 4.34 Å². The van der Waals surface area contributed by atoms with Crippen molar-refractivity contribution in [3.05, 3.63) is 57.4 Å². The molecule has 0 unspecified atom stereocenters. The highest BCUT2D eigenvalue weighted by atomic mass is 35.5. The van der Waals surface area contributed by atoms with Crippen molar-refractivity contribution >= 4 is 46.8 Å². The first-order valence-electron chi connectivity index (χ1n) is 11.1. The second-order valence-electron chi connectivity index (χ2n) is 7.82. The van der Waals surface area contributed by atoms with E-state index in [4.69, 9.17) is 20.9 Å². The number of benzene rings is 1. The molecule has 10 heteroatoms. The Bertz CT molecular complexity index is 1150. The van der Waals surface area contributed by atoms with Crippen molar-refractivity contribution in [2.75, 3.05) is 19.7 Å². The molecule has 34 heavy (non-hydrogen) atoms. The fraction of sp³-hybridized carbons (Fsp3) is 0.333. The first-order valence-corrected chi connectivity index (χ1v) is 12.3. The minimum absolute atomic E-state index is 0.0150. The minimum Gasteiger partial charge on any atom is -0.466 e. The molecule has 1 N–H and O–H groups in total. The Morgan fingerprint density at radius 3 is 2.71 bits per heavy atom. The molecule has 0 atom stereocenters. The fourth-order valence-electron chi connectivity index (χ4n) is 3.60. The average Bonchev–Trinajstić information content (AvgIpc) is 3.51. The number of esters is 1. The topological polar surface area (TPSA) is 97.0 Å². The van der Waals surface area contributed by atoms with Crippen LogP contribution in [0, 0.1) is 5.92 Å². The van der Waals surface area contributed by atoms with Crippen molar-refractivity contribution in [1.29, 1.82) is 0 Å². The number of likely N-dealkylation sites (tertiary alicyclic amines) is 1. The zero-order valence-corrected chi connectivity index (χ0v) is 20.3. The van der Waals surface area contributed by atoms with Crippen molar-refractivity contribution in [3.63, 3.8) is 0 Å². The van der Waals surface area contributed by atoms with Gasteiger partial charge in [-0.15, -0.1) is 11.3 Å². The van der Waals surface area contributed by atoms with Crippen molar-refractivity contribution in [1.82, 2.24) is 15.4 Å². The lowest BCUT2D eigenvalue weighted by Gasteiger charge is -2.29. The van der Waals surface area contributed by atoms with Gasteiger partial charge in [-0.2, -0.15) is 0 Å². The number of nitrogens with one attached hydrogen (secondary N) is 1. The average molecular weight is 501 g/mol. The third kappa shape index (κ3) is 6.24. The van der Waals surface area contributed by atoms with E-state index in [0.29, 0.717) is 27.3 Å². The number of aromatic nitrogens is 1. The van der Waals surface area contributed by atoms with Crippen LogP contribution >= 0.6 is 22.9 Å². The summed E-state index contributed by atoms with van der Waals surface area (Å²) >= 11 is 7.10. The van der Waals surface area contributed by atoms with Crippen LogP contribution in [0.4, 0.5) is 5.69 Å². The van der Waals surface area contributed by atoms with Crippen LogP contribution in [0.25, 0.3) is 11.3 Å². The van der Waals surface area contributed by atoms with E-state index in [1.54, 1.807) is 18.2 Å². The van der Waals surface area contributed by atoms with Crippen molar-refractivity contribution < 1.29 is 18.8 Å². The van der Waals surface area contributed by atoms with Crippen LogP contribution in [0.3, 0.4) is 0 Å². The Kier molecular flexibility index (Phi) is 7.97. The maximum Gasteiger partial charge on any atom is 0.309 e. The molecule has 178 valence electrons. The van der Waals surface area contributed by atoms with Gasteiger partial charge in [0.05, 0.1) is 40.3 Å². The summed E-state index contributed by atoms with van der Waals surface area (Å²) in [5.41, 5.74) is 2.39. The molecule has 1 amide bonds. The second kappa shape index (κ2) is 11.3. The molecule has 2 aromatic heterocycles. The smallest absolute Gasteiger partial charge is 0.309 e. The summed E-state index contributed by atoms with van der Waals surface area (Å²) in [4.78, 5) is 31.2. The van der Waals surface area contributed by atoms with E-state index in [9.17, 15) is 9.59 Å². The molecule has 1 aliphatic heterocycles. The van der Waals surface area contributed by atoms with Crippen LogP contribution in [0.15, 0.2) is 52.0 Å². The van der Waals surface area contributed by atoms with Gasteiger partial charge in [0.15, 0.2) is 5.76 Å². The van der Waals surface area contributed by atoms with Crippen molar-refractivity contribution in [2.24, 2.45) is 10.9 Å². The molecule has 0 aliphatic carbocycles. The monoisotopic (exact) mass is 500 g/mol. The van der Waals surface area contributed by atoms with Gasteiger partial charge in [0.1, 0.15) is 5.69 Å². The number of aliphatic imine (C=N–C) groups is 1. The largest absolute Gasteiger partial charge is 0.466 e. The Morgan fingerprint density at radius 2 is 2.03 bits per heavy atom. The predicted molar refractivity (Wildman–Crippen MR) is 132 cm³/mol. The number of thiophene rings is 1. The molecule has 0 radical (unpaired) electrons. The highest BCUT2D eigenvalue weighted by molar-refractivity contribution is 7.17. The molecule has 3 heterocycles. The van der Waals surface area contributed by atoms with E-state index in [1.807, 2.05) is 37.5 Å². The number of nitrogens with zero attached hydrogens (tertiary/aromatic N) is 3. The number of hydrogen-bond acceptors (Lipinski definition) is 7. The van der Waals surface area contributed by atoms with Gasteiger partial charge < -0.3 is 19.5 Å². The molecule has 8 nitrogen and oxygen atoms in total. The van der Waals surface area contributed by atoms with Gasteiger partial charge in [0.25, 0.3) is 5.91 Å². The molecule has 0 saturated carbocycles. The number of halogens is 1. The van der Waals surface area contributed by atoms with Gasteiger partial charge in [-0.25, -0.2) is 4.99 Å². The van der Waals surface area contributed by atoms with Gasteiger partial charge >= 0.3 is 5.97 Å². The number of ether oxygens (including phenoxy) is 1. The summed E-state index contributed by atoms with van der Waals surface area (Å²) in [6.45, 7) is 4.05.